The molecule has 18 heavy (non-hydrogen) atoms. The smallest absolute Gasteiger partial charge is 0.101 e. The summed E-state index contributed by atoms with van der Waals surface area (Å²) in [5.74, 6) is 0. The number of aromatic nitrogens is 1. The normalized spacial score (nSPS) is 9.78. The monoisotopic (exact) mass is 239 g/mol. The fraction of sp³-hybridized carbons (Fsp3) is 0.143. The van der Waals surface area contributed by atoms with Crippen molar-refractivity contribution >= 4 is 11.4 Å². The number of pyridine rings is 1. The minimum absolute atomic E-state index is 0.519. The highest BCUT2D eigenvalue weighted by Gasteiger charge is 2.05. The van der Waals surface area contributed by atoms with Crippen LogP contribution >= 0.6 is 0 Å². The first-order valence-corrected chi connectivity index (χ1v) is 5.53. The molecule has 2 aromatic rings. The third kappa shape index (κ3) is 2.65. The summed E-state index contributed by atoms with van der Waals surface area (Å²) in [5.41, 5.74) is 3.22. The summed E-state index contributed by atoms with van der Waals surface area (Å²) in [6.07, 6.45) is 3.24. The number of nitriles is 1. The van der Waals surface area contributed by atoms with Crippen LogP contribution in [0.5, 0.6) is 0 Å². The Morgan fingerprint density at radius 1 is 1.28 bits per heavy atom. The molecular weight excluding hydrogens is 226 g/mol. The van der Waals surface area contributed by atoms with Gasteiger partial charge in [0.25, 0.3) is 0 Å². The Labute approximate surface area is 106 Å². The fourth-order valence-electron chi connectivity index (χ4n) is 1.66. The number of para-hydroxylation sites is 1. The number of ether oxygens (including phenoxy) is 1. The Morgan fingerprint density at radius 2 is 2.11 bits per heavy atom. The van der Waals surface area contributed by atoms with Crippen molar-refractivity contribution < 1.29 is 4.74 Å². The molecule has 1 aromatic heterocycles. The van der Waals surface area contributed by atoms with Crippen molar-refractivity contribution in [1.29, 1.82) is 5.26 Å². The second-order valence-electron chi connectivity index (χ2n) is 3.75. The van der Waals surface area contributed by atoms with Crippen molar-refractivity contribution in [3.63, 3.8) is 0 Å². The Kier molecular flexibility index (Phi) is 3.90. The Hall–Kier alpha value is -2.38. The summed E-state index contributed by atoms with van der Waals surface area (Å²) >= 11 is 0. The lowest BCUT2D eigenvalue weighted by molar-refractivity contribution is 0.185. The van der Waals surface area contributed by atoms with E-state index in [-0.39, 0.29) is 0 Å². The molecule has 0 radical (unpaired) electrons. The molecule has 0 saturated heterocycles. The minimum Gasteiger partial charge on any atom is -0.380 e. The Bertz CT molecular complexity index is 575. The second-order valence-corrected chi connectivity index (χ2v) is 3.75. The highest BCUT2D eigenvalue weighted by atomic mass is 16.5. The maximum absolute atomic E-state index is 9.03. The van der Waals surface area contributed by atoms with Gasteiger partial charge in [0.05, 0.1) is 24.1 Å². The van der Waals surface area contributed by atoms with Gasteiger partial charge in [-0.1, -0.05) is 18.2 Å². The SMILES string of the molecule is COCc1ccccc1Nc1cnccc1C#N. The summed E-state index contributed by atoms with van der Waals surface area (Å²) < 4.78 is 5.14. The predicted molar refractivity (Wildman–Crippen MR) is 69.4 cm³/mol. The molecular formula is C14H13N3O. The molecule has 0 unspecified atom stereocenters. The standard InChI is InChI=1S/C14H13N3O/c1-18-10-12-4-2-3-5-13(12)17-14-9-16-7-6-11(14)8-15/h2-7,9,17H,10H2,1H3. The molecule has 0 aliphatic heterocycles. The summed E-state index contributed by atoms with van der Waals surface area (Å²) in [7, 11) is 1.65. The van der Waals surface area contributed by atoms with Crippen LogP contribution in [0.3, 0.4) is 0 Å². The first-order chi connectivity index (χ1) is 8.85. The Balaban J connectivity index is 2.31. The van der Waals surface area contributed by atoms with E-state index >= 15 is 0 Å². The van der Waals surface area contributed by atoms with Gasteiger partial charge >= 0.3 is 0 Å². The van der Waals surface area contributed by atoms with Crippen molar-refractivity contribution in [3.05, 3.63) is 53.9 Å². The molecule has 0 bridgehead atoms. The number of methoxy groups -OCH3 is 1. The van der Waals surface area contributed by atoms with Crippen LogP contribution in [-0.2, 0) is 11.3 Å². The summed E-state index contributed by atoms with van der Waals surface area (Å²) in [6, 6.07) is 11.6. The van der Waals surface area contributed by atoms with Crippen LogP contribution in [0.2, 0.25) is 0 Å². The van der Waals surface area contributed by atoms with Gasteiger partial charge in [-0.3, -0.25) is 4.98 Å². The summed E-state index contributed by atoms with van der Waals surface area (Å²) in [6.45, 7) is 0.519. The maximum Gasteiger partial charge on any atom is 0.101 e. The lowest BCUT2D eigenvalue weighted by Crippen LogP contribution is -1.99. The van der Waals surface area contributed by atoms with Crippen molar-refractivity contribution in [3.8, 4) is 6.07 Å². The molecule has 1 aromatic carbocycles. The van der Waals surface area contributed by atoms with Crippen LogP contribution < -0.4 is 5.32 Å². The first-order valence-electron chi connectivity index (χ1n) is 5.53. The molecule has 0 spiro atoms. The first kappa shape index (κ1) is 12.1. The molecule has 0 atom stereocenters. The third-order valence-corrected chi connectivity index (χ3v) is 2.53. The van der Waals surface area contributed by atoms with Gasteiger partial charge in [-0.15, -0.1) is 0 Å². The van der Waals surface area contributed by atoms with E-state index in [9.17, 15) is 0 Å². The molecule has 1 heterocycles. The number of nitrogens with zero attached hydrogens (tertiary/aromatic N) is 2. The fourth-order valence-corrected chi connectivity index (χ4v) is 1.66. The number of hydrogen-bond acceptors (Lipinski definition) is 4. The van der Waals surface area contributed by atoms with E-state index in [2.05, 4.69) is 16.4 Å². The van der Waals surface area contributed by atoms with E-state index < -0.39 is 0 Å². The van der Waals surface area contributed by atoms with Gasteiger partial charge in [-0.2, -0.15) is 5.26 Å². The highest BCUT2D eigenvalue weighted by Crippen LogP contribution is 2.23. The molecule has 1 N–H and O–H groups in total. The zero-order valence-electron chi connectivity index (χ0n) is 10.1. The molecule has 0 fully saturated rings. The number of benzene rings is 1. The number of rotatable bonds is 4. The molecule has 0 aliphatic rings. The van der Waals surface area contributed by atoms with Gasteiger partial charge in [-0.05, 0) is 12.1 Å². The van der Waals surface area contributed by atoms with Crippen LogP contribution in [0.15, 0.2) is 42.7 Å². The molecule has 0 saturated carbocycles. The average Bonchev–Trinajstić information content (AvgIpc) is 2.42. The number of nitrogens with one attached hydrogen (secondary N) is 1. The van der Waals surface area contributed by atoms with E-state index in [1.54, 1.807) is 25.6 Å². The maximum atomic E-state index is 9.03. The van der Waals surface area contributed by atoms with Crippen LogP contribution in [0.4, 0.5) is 11.4 Å². The van der Waals surface area contributed by atoms with E-state index in [4.69, 9.17) is 10.00 Å². The van der Waals surface area contributed by atoms with E-state index in [1.807, 2.05) is 24.3 Å². The van der Waals surface area contributed by atoms with E-state index in [0.717, 1.165) is 11.3 Å². The van der Waals surface area contributed by atoms with E-state index in [0.29, 0.717) is 17.9 Å². The molecule has 0 amide bonds. The van der Waals surface area contributed by atoms with Crippen molar-refractivity contribution in [2.45, 2.75) is 6.61 Å². The zero-order valence-corrected chi connectivity index (χ0v) is 10.1. The van der Waals surface area contributed by atoms with Gasteiger partial charge < -0.3 is 10.1 Å². The quantitative estimate of drug-likeness (QED) is 0.891. The number of hydrogen-bond donors (Lipinski definition) is 1. The van der Waals surface area contributed by atoms with Crippen molar-refractivity contribution in [2.24, 2.45) is 0 Å². The minimum atomic E-state index is 0.519. The van der Waals surface area contributed by atoms with Gasteiger partial charge in [0.1, 0.15) is 6.07 Å². The van der Waals surface area contributed by atoms with Gasteiger partial charge in [0.2, 0.25) is 0 Å². The third-order valence-electron chi connectivity index (χ3n) is 2.53. The predicted octanol–water partition coefficient (Wildman–Crippen LogP) is 2.84. The molecule has 4 nitrogen and oxygen atoms in total. The highest BCUT2D eigenvalue weighted by molar-refractivity contribution is 5.67. The van der Waals surface area contributed by atoms with Crippen LogP contribution in [0.25, 0.3) is 0 Å². The van der Waals surface area contributed by atoms with E-state index in [1.165, 1.54) is 0 Å². The van der Waals surface area contributed by atoms with Crippen LogP contribution in [0.1, 0.15) is 11.1 Å². The second kappa shape index (κ2) is 5.80. The van der Waals surface area contributed by atoms with Gasteiger partial charge in [0, 0.05) is 24.6 Å². The topological polar surface area (TPSA) is 57.9 Å². The van der Waals surface area contributed by atoms with Crippen molar-refractivity contribution in [2.75, 3.05) is 12.4 Å². The molecule has 90 valence electrons. The summed E-state index contributed by atoms with van der Waals surface area (Å²) in [5, 5.41) is 12.2. The van der Waals surface area contributed by atoms with Gasteiger partial charge in [-0.25, -0.2) is 0 Å². The largest absolute Gasteiger partial charge is 0.380 e. The Morgan fingerprint density at radius 3 is 2.89 bits per heavy atom. The number of anilines is 2. The summed E-state index contributed by atoms with van der Waals surface area (Å²) in [4.78, 5) is 4.02. The molecule has 2 rings (SSSR count). The average molecular weight is 239 g/mol. The van der Waals surface area contributed by atoms with Crippen LogP contribution in [-0.4, -0.2) is 12.1 Å². The molecule has 0 aliphatic carbocycles. The van der Waals surface area contributed by atoms with Crippen molar-refractivity contribution in [1.82, 2.24) is 4.98 Å². The lowest BCUT2D eigenvalue weighted by atomic mass is 10.1. The van der Waals surface area contributed by atoms with Gasteiger partial charge in [0.15, 0.2) is 0 Å². The lowest BCUT2D eigenvalue weighted by Gasteiger charge is -2.11. The zero-order chi connectivity index (χ0) is 12.8. The molecule has 4 heteroatoms. The van der Waals surface area contributed by atoms with Crippen LogP contribution in [0, 0.1) is 11.3 Å².